The zero-order valence-corrected chi connectivity index (χ0v) is 14.2. The van der Waals surface area contributed by atoms with Crippen molar-refractivity contribution in [2.45, 2.75) is 0 Å². The first kappa shape index (κ1) is 13.9. The molecule has 0 bridgehead atoms. The van der Waals surface area contributed by atoms with Gasteiger partial charge in [-0.05, 0) is 36.4 Å². The van der Waals surface area contributed by atoms with Crippen molar-refractivity contribution in [3.63, 3.8) is 0 Å². The van der Waals surface area contributed by atoms with Crippen molar-refractivity contribution < 1.29 is 0 Å². The van der Waals surface area contributed by atoms with E-state index in [0.29, 0.717) is 10.8 Å². The summed E-state index contributed by atoms with van der Waals surface area (Å²) in [4.78, 5) is 0.767. The molecule has 0 aliphatic heterocycles. The van der Waals surface area contributed by atoms with Gasteiger partial charge in [0, 0.05) is 20.6 Å². The lowest BCUT2D eigenvalue weighted by Crippen LogP contribution is -1.90. The lowest BCUT2D eigenvalue weighted by molar-refractivity contribution is 0.970. The largest absolute Gasteiger partial charge is 0.235 e. The van der Waals surface area contributed by atoms with Gasteiger partial charge >= 0.3 is 0 Å². The number of fused-ring (bicyclic) bond motifs is 1. The van der Waals surface area contributed by atoms with Crippen LogP contribution >= 0.6 is 38.9 Å². The molecule has 22 heavy (non-hydrogen) atoms. The number of halogens is 2. The fraction of sp³-hybridized carbons (Fsp3) is 0. The standard InChI is InChI=1S/C15H8BrClN4S/c16-11-5-1-10(2-6-11)14-20-21-13(18-19-15(21)22-14)9-3-7-12(17)8-4-9/h1-8H. The van der Waals surface area contributed by atoms with Gasteiger partial charge in [-0.3, -0.25) is 0 Å². The van der Waals surface area contributed by atoms with E-state index in [1.807, 2.05) is 48.5 Å². The maximum absolute atomic E-state index is 5.93. The van der Waals surface area contributed by atoms with Crippen LogP contribution in [-0.2, 0) is 0 Å². The van der Waals surface area contributed by atoms with Crippen LogP contribution in [0.15, 0.2) is 53.0 Å². The van der Waals surface area contributed by atoms with Gasteiger partial charge in [0.05, 0.1) is 0 Å². The number of hydrogen-bond donors (Lipinski definition) is 0. The summed E-state index contributed by atoms with van der Waals surface area (Å²) in [5.41, 5.74) is 1.99. The first-order valence-electron chi connectivity index (χ1n) is 6.45. The Morgan fingerprint density at radius 3 is 2.32 bits per heavy atom. The van der Waals surface area contributed by atoms with Crippen LogP contribution in [0.1, 0.15) is 0 Å². The van der Waals surface area contributed by atoms with Gasteiger partial charge in [-0.15, -0.1) is 10.2 Å². The minimum absolute atomic E-state index is 0.693. The molecule has 0 saturated carbocycles. The molecule has 0 unspecified atom stereocenters. The van der Waals surface area contributed by atoms with E-state index in [1.54, 1.807) is 4.52 Å². The maximum Gasteiger partial charge on any atom is 0.235 e. The van der Waals surface area contributed by atoms with Crippen molar-refractivity contribution in [3.8, 4) is 22.0 Å². The number of nitrogens with zero attached hydrogens (tertiary/aromatic N) is 4. The summed E-state index contributed by atoms with van der Waals surface area (Å²) in [5.74, 6) is 0.714. The lowest BCUT2D eigenvalue weighted by Gasteiger charge is -1.97. The molecule has 2 aromatic heterocycles. The first-order valence-corrected chi connectivity index (χ1v) is 8.43. The average Bonchev–Trinajstić information content (AvgIpc) is 3.09. The molecule has 4 aromatic rings. The number of hydrogen-bond acceptors (Lipinski definition) is 4. The molecule has 0 atom stereocenters. The molecule has 7 heteroatoms. The third-order valence-electron chi connectivity index (χ3n) is 3.18. The van der Waals surface area contributed by atoms with E-state index in [-0.39, 0.29) is 0 Å². The minimum atomic E-state index is 0.693. The Bertz CT molecular complexity index is 944. The van der Waals surface area contributed by atoms with Gasteiger partial charge in [0.2, 0.25) is 4.96 Å². The van der Waals surface area contributed by atoms with Gasteiger partial charge in [0.25, 0.3) is 0 Å². The molecule has 0 radical (unpaired) electrons. The minimum Gasteiger partial charge on any atom is -0.182 e. The lowest BCUT2D eigenvalue weighted by atomic mass is 10.2. The van der Waals surface area contributed by atoms with E-state index in [2.05, 4.69) is 31.2 Å². The highest BCUT2D eigenvalue weighted by Crippen LogP contribution is 2.29. The summed E-state index contributed by atoms with van der Waals surface area (Å²) in [6.45, 7) is 0. The molecule has 4 rings (SSSR count). The summed E-state index contributed by atoms with van der Waals surface area (Å²) in [7, 11) is 0. The van der Waals surface area contributed by atoms with Crippen LogP contribution in [0.4, 0.5) is 0 Å². The van der Waals surface area contributed by atoms with Crippen molar-refractivity contribution in [1.29, 1.82) is 0 Å². The van der Waals surface area contributed by atoms with E-state index in [0.717, 1.165) is 25.6 Å². The van der Waals surface area contributed by atoms with Crippen LogP contribution in [-0.4, -0.2) is 19.8 Å². The SMILES string of the molecule is Clc1ccc(-c2nnc3sc(-c4ccc(Br)cc4)nn23)cc1. The van der Waals surface area contributed by atoms with E-state index in [9.17, 15) is 0 Å². The number of benzene rings is 2. The van der Waals surface area contributed by atoms with E-state index in [4.69, 9.17) is 11.6 Å². The highest BCUT2D eigenvalue weighted by atomic mass is 79.9. The Balaban J connectivity index is 1.82. The van der Waals surface area contributed by atoms with Gasteiger partial charge in [-0.25, -0.2) is 0 Å². The second kappa shape index (κ2) is 5.46. The Hall–Kier alpha value is -1.76. The predicted molar refractivity (Wildman–Crippen MR) is 92.2 cm³/mol. The fourth-order valence-corrected chi connectivity index (χ4v) is 3.34. The van der Waals surface area contributed by atoms with Gasteiger partial charge < -0.3 is 0 Å². The zero-order chi connectivity index (χ0) is 15.1. The molecule has 0 aliphatic carbocycles. The third kappa shape index (κ3) is 2.43. The number of rotatable bonds is 2. The maximum atomic E-state index is 5.93. The van der Waals surface area contributed by atoms with Crippen molar-refractivity contribution >= 4 is 43.8 Å². The monoisotopic (exact) mass is 390 g/mol. The summed E-state index contributed by atoms with van der Waals surface area (Å²) in [5, 5.41) is 14.7. The smallest absolute Gasteiger partial charge is 0.182 e. The topological polar surface area (TPSA) is 43.1 Å². The summed E-state index contributed by atoms with van der Waals surface area (Å²) < 4.78 is 2.81. The molecule has 0 spiro atoms. The average molecular weight is 392 g/mol. The van der Waals surface area contributed by atoms with Gasteiger partial charge in [0.1, 0.15) is 5.01 Å². The Labute approximate surface area is 143 Å². The predicted octanol–water partition coefficient (Wildman–Crippen LogP) is 4.94. The van der Waals surface area contributed by atoms with Gasteiger partial charge in [-0.1, -0.05) is 51.0 Å². The van der Waals surface area contributed by atoms with Gasteiger partial charge in [-0.2, -0.15) is 9.61 Å². The second-order valence-corrected chi connectivity index (χ2v) is 6.95. The Kier molecular flexibility index (Phi) is 3.44. The van der Waals surface area contributed by atoms with E-state index >= 15 is 0 Å². The molecule has 0 saturated heterocycles. The van der Waals surface area contributed by atoms with Crippen LogP contribution in [0.5, 0.6) is 0 Å². The summed E-state index contributed by atoms with van der Waals surface area (Å²) >= 11 is 10.9. The molecule has 0 fully saturated rings. The van der Waals surface area contributed by atoms with Crippen LogP contribution < -0.4 is 0 Å². The van der Waals surface area contributed by atoms with Crippen molar-refractivity contribution in [2.24, 2.45) is 0 Å². The normalized spacial score (nSPS) is 11.2. The molecular weight excluding hydrogens is 384 g/mol. The molecule has 0 aliphatic rings. The molecule has 4 nitrogen and oxygen atoms in total. The molecule has 0 N–H and O–H groups in total. The summed E-state index contributed by atoms with van der Waals surface area (Å²) in [6.07, 6.45) is 0. The quantitative estimate of drug-likeness (QED) is 0.486. The van der Waals surface area contributed by atoms with Crippen molar-refractivity contribution in [1.82, 2.24) is 19.8 Å². The zero-order valence-electron chi connectivity index (χ0n) is 11.1. The van der Waals surface area contributed by atoms with Crippen molar-refractivity contribution in [2.75, 3.05) is 0 Å². The molecule has 2 aromatic carbocycles. The first-order chi connectivity index (χ1) is 10.7. The Morgan fingerprint density at radius 1 is 0.909 bits per heavy atom. The van der Waals surface area contributed by atoms with Crippen LogP contribution in [0.2, 0.25) is 5.02 Å². The van der Waals surface area contributed by atoms with Gasteiger partial charge in [0.15, 0.2) is 5.82 Å². The molecule has 108 valence electrons. The van der Waals surface area contributed by atoms with Crippen LogP contribution in [0.3, 0.4) is 0 Å². The molecule has 0 amide bonds. The van der Waals surface area contributed by atoms with E-state index in [1.165, 1.54) is 11.3 Å². The highest BCUT2D eigenvalue weighted by molar-refractivity contribution is 9.10. The summed E-state index contributed by atoms with van der Waals surface area (Å²) in [6, 6.07) is 15.5. The van der Waals surface area contributed by atoms with Crippen LogP contribution in [0, 0.1) is 0 Å². The highest BCUT2D eigenvalue weighted by Gasteiger charge is 2.14. The van der Waals surface area contributed by atoms with E-state index < -0.39 is 0 Å². The van der Waals surface area contributed by atoms with Crippen LogP contribution in [0.25, 0.3) is 26.9 Å². The second-order valence-electron chi connectivity index (χ2n) is 4.64. The molecular formula is C15H8BrClN4S. The third-order valence-corrected chi connectivity index (χ3v) is 4.91. The number of aromatic nitrogens is 4. The Morgan fingerprint density at radius 2 is 1.59 bits per heavy atom. The molecule has 2 heterocycles. The fourth-order valence-electron chi connectivity index (χ4n) is 2.11. The van der Waals surface area contributed by atoms with Crippen molar-refractivity contribution in [3.05, 3.63) is 58.0 Å².